The van der Waals surface area contributed by atoms with Gasteiger partial charge in [-0.2, -0.15) is 0 Å². The highest BCUT2D eigenvalue weighted by molar-refractivity contribution is 6.32. The van der Waals surface area contributed by atoms with E-state index in [1.165, 1.54) is 0 Å². The van der Waals surface area contributed by atoms with Gasteiger partial charge in [-0.3, -0.25) is 4.79 Å². The van der Waals surface area contributed by atoms with E-state index in [1.54, 1.807) is 19.3 Å². The normalized spacial score (nSPS) is 19.3. The fourth-order valence-corrected chi connectivity index (χ4v) is 1.40. The molecule has 1 heterocycles. The molecule has 78 valence electrons. The van der Waals surface area contributed by atoms with E-state index in [0.29, 0.717) is 22.7 Å². The van der Waals surface area contributed by atoms with Gasteiger partial charge in [0.1, 0.15) is 5.70 Å². The van der Waals surface area contributed by atoms with Crippen LogP contribution in [0, 0.1) is 12.3 Å². The zero-order valence-electron chi connectivity index (χ0n) is 8.30. The second-order valence-corrected chi connectivity index (χ2v) is 3.27. The van der Waals surface area contributed by atoms with E-state index >= 15 is 0 Å². The van der Waals surface area contributed by atoms with Crippen LogP contribution in [0.3, 0.4) is 0 Å². The highest BCUT2D eigenvalue weighted by Crippen LogP contribution is 2.15. The van der Waals surface area contributed by atoms with Crippen LogP contribution in [0.2, 0.25) is 0 Å². The van der Waals surface area contributed by atoms with Crippen molar-refractivity contribution in [1.82, 2.24) is 10.6 Å². The number of halogens is 1. The smallest absolute Gasteiger partial charge is 0.251 e. The Hall–Kier alpha value is -1.66. The Morgan fingerprint density at radius 3 is 3.07 bits per heavy atom. The van der Waals surface area contributed by atoms with Gasteiger partial charge in [0.2, 0.25) is 0 Å². The molecule has 1 aliphatic rings. The summed E-state index contributed by atoms with van der Waals surface area (Å²) in [4.78, 5) is 11.3. The third-order valence-electron chi connectivity index (χ3n) is 1.90. The van der Waals surface area contributed by atoms with Crippen molar-refractivity contribution in [2.24, 2.45) is 0 Å². The Balaban J connectivity index is 2.97. The Kier molecular flexibility index (Phi) is 4.02. The standard InChI is InChI=1S/C11H11ClN2O/c1-3-10(13-2)9(12)7-8-5-4-6-14-11(8)15/h1,4,6-7,13H,5H2,2H3,(H,14,15)/b8-7+,10-9-. The lowest BCUT2D eigenvalue weighted by atomic mass is 10.1. The minimum absolute atomic E-state index is 0.150. The first-order chi connectivity index (χ1) is 7.19. The third kappa shape index (κ3) is 2.90. The van der Waals surface area contributed by atoms with Crippen molar-refractivity contribution in [3.8, 4) is 12.3 Å². The predicted octanol–water partition coefficient (Wildman–Crippen LogP) is 1.25. The molecule has 0 aromatic heterocycles. The first kappa shape index (κ1) is 11.4. The maximum absolute atomic E-state index is 11.3. The second kappa shape index (κ2) is 5.28. The Morgan fingerprint density at radius 1 is 1.80 bits per heavy atom. The minimum atomic E-state index is -0.150. The van der Waals surface area contributed by atoms with Crippen LogP contribution in [0.1, 0.15) is 6.42 Å². The van der Waals surface area contributed by atoms with Crippen LogP contribution in [-0.4, -0.2) is 13.0 Å². The Bertz CT molecular complexity index is 399. The number of carbonyl (C=O) groups is 1. The lowest BCUT2D eigenvalue weighted by Crippen LogP contribution is -2.22. The van der Waals surface area contributed by atoms with Gasteiger partial charge in [-0.05, 0) is 12.5 Å². The van der Waals surface area contributed by atoms with Crippen LogP contribution < -0.4 is 10.6 Å². The molecule has 2 N–H and O–H groups in total. The SMILES string of the molecule is C#C/C(NC)=C(Cl)\C=C1/CC=CNC1=O. The highest BCUT2D eigenvalue weighted by Gasteiger charge is 2.11. The van der Waals surface area contributed by atoms with Gasteiger partial charge in [-0.15, -0.1) is 6.42 Å². The largest absolute Gasteiger partial charge is 0.380 e. The number of terminal acetylenes is 1. The van der Waals surface area contributed by atoms with E-state index in [0.717, 1.165) is 0 Å². The van der Waals surface area contributed by atoms with E-state index in [2.05, 4.69) is 16.6 Å². The number of amides is 1. The number of hydrogen-bond acceptors (Lipinski definition) is 2. The molecule has 1 amide bonds. The van der Waals surface area contributed by atoms with Crippen LogP contribution in [0.25, 0.3) is 0 Å². The lowest BCUT2D eigenvalue weighted by molar-refractivity contribution is -0.116. The van der Waals surface area contributed by atoms with Crippen LogP contribution in [0.15, 0.2) is 34.7 Å². The number of nitrogens with one attached hydrogen (secondary N) is 2. The van der Waals surface area contributed by atoms with Gasteiger partial charge in [-0.25, -0.2) is 0 Å². The van der Waals surface area contributed by atoms with Gasteiger partial charge >= 0.3 is 0 Å². The number of rotatable bonds is 2. The van der Waals surface area contributed by atoms with Gasteiger partial charge in [0.15, 0.2) is 0 Å². The second-order valence-electron chi connectivity index (χ2n) is 2.87. The lowest BCUT2D eigenvalue weighted by Gasteiger charge is -2.09. The average Bonchev–Trinajstić information content (AvgIpc) is 2.23. The van der Waals surface area contributed by atoms with Crippen molar-refractivity contribution in [2.75, 3.05) is 7.05 Å². The van der Waals surface area contributed by atoms with E-state index < -0.39 is 0 Å². The topological polar surface area (TPSA) is 41.1 Å². The summed E-state index contributed by atoms with van der Waals surface area (Å²) in [7, 11) is 1.68. The molecule has 0 saturated carbocycles. The molecule has 0 aromatic carbocycles. The molecular formula is C11H11ClN2O. The molecule has 1 aliphatic heterocycles. The molecule has 15 heavy (non-hydrogen) atoms. The van der Waals surface area contributed by atoms with Crippen molar-refractivity contribution in [1.29, 1.82) is 0 Å². The summed E-state index contributed by atoms with van der Waals surface area (Å²) < 4.78 is 0. The maximum atomic E-state index is 11.3. The quantitative estimate of drug-likeness (QED) is 0.546. The average molecular weight is 223 g/mol. The fraction of sp³-hybridized carbons (Fsp3) is 0.182. The van der Waals surface area contributed by atoms with Crippen molar-refractivity contribution in [3.63, 3.8) is 0 Å². The van der Waals surface area contributed by atoms with Gasteiger partial charge in [0.25, 0.3) is 5.91 Å². The van der Waals surface area contributed by atoms with E-state index in [-0.39, 0.29) is 5.91 Å². The summed E-state index contributed by atoms with van der Waals surface area (Å²) in [6.07, 6.45) is 10.8. The molecule has 4 heteroatoms. The van der Waals surface area contributed by atoms with Crippen molar-refractivity contribution in [2.45, 2.75) is 6.42 Å². The molecule has 0 radical (unpaired) electrons. The van der Waals surface area contributed by atoms with Crippen molar-refractivity contribution < 1.29 is 4.79 Å². The van der Waals surface area contributed by atoms with E-state index in [1.807, 2.05) is 6.08 Å². The summed E-state index contributed by atoms with van der Waals surface area (Å²) in [6.45, 7) is 0. The molecule has 1 rings (SSSR count). The molecular weight excluding hydrogens is 212 g/mol. The molecule has 0 bridgehead atoms. The zero-order chi connectivity index (χ0) is 11.3. The minimum Gasteiger partial charge on any atom is -0.380 e. The van der Waals surface area contributed by atoms with Crippen LogP contribution in [0.5, 0.6) is 0 Å². The molecule has 3 nitrogen and oxygen atoms in total. The number of allylic oxidation sites excluding steroid dienone is 4. The molecule has 0 fully saturated rings. The molecule has 0 aromatic rings. The van der Waals surface area contributed by atoms with Gasteiger partial charge < -0.3 is 10.6 Å². The number of carbonyl (C=O) groups excluding carboxylic acids is 1. The predicted molar refractivity (Wildman–Crippen MR) is 60.8 cm³/mol. The summed E-state index contributed by atoms with van der Waals surface area (Å²) in [5.41, 5.74) is 1.05. The van der Waals surface area contributed by atoms with Crippen LogP contribution in [-0.2, 0) is 4.79 Å². The van der Waals surface area contributed by atoms with Gasteiger partial charge in [0, 0.05) is 18.8 Å². The monoisotopic (exact) mass is 222 g/mol. The molecule has 0 aliphatic carbocycles. The van der Waals surface area contributed by atoms with Crippen molar-refractivity contribution in [3.05, 3.63) is 34.7 Å². The third-order valence-corrected chi connectivity index (χ3v) is 2.19. The van der Waals surface area contributed by atoms with Crippen LogP contribution >= 0.6 is 11.6 Å². The van der Waals surface area contributed by atoms with Crippen LogP contribution in [0.4, 0.5) is 0 Å². The Labute approximate surface area is 93.9 Å². The fourth-order valence-electron chi connectivity index (χ4n) is 1.12. The molecule has 0 saturated heterocycles. The highest BCUT2D eigenvalue weighted by atomic mass is 35.5. The summed E-state index contributed by atoms with van der Waals surface area (Å²) in [5.74, 6) is 2.25. The Morgan fingerprint density at radius 2 is 2.53 bits per heavy atom. The number of hydrogen-bond donors (Lipinski definition) is 2. The summed E-state index contributed by atoms with van der Waals surface area (Å²) >= 11 is 5.94. The molecule has 0 atom stereocenters. The van der Waals surface area contributed by atoms with Crippen molar-refractivity contribution >= 4 is 17.5 Å². The maximum Gasteiger partial charge on any atom is 0.251 e. The first-order valence-corrected chi connectivity index (χ1v) is 4.77. The summed E-state index contributed by atoms with van der Waals surface area (Å²) in [5, 5.41) is 5.71. The van der Waals surface area contributed by atoms with Gasteiger partial charge in [-0.1, -0.05) is 23.6 Å². The molecule has 0 unspecified atom stereocenters. The zero-order valence-corrected chi connectivity index (χ0v) is 9.06. The first-order valence-electron chi connectivity index (χ1n) is 4.39. The van der Waals surface area contributed by atoms with E-state index in [9.17, 15) is 4.79 Å². The molecule has 0 spiro atoms. The van der Waals surface area contributed by atoms with E-state index in [4.69, 9.17) is 18.0 Å². The van der Waals surface area contributed by atoms with Gasteiger partial charge in [0.05, 0.1) is 5.03 Å². The summed E-state index contributed by atoms with van der Waals surface area (Å²) in [6, 6.07) is 0.